The third-order valence-corrected chi connectivity index (χ3v) is 2.31. The maximum Gasteiger partial charge on any atom is 0.196 e. The van der Waals surface area contributed by atoms with Crippen molar-refractivity contribution in [3.05, 3.63) is 35.4 Å². The van der Waals surface area contributed by atoms with Crippen molar-refractivity contribution < 1.29 is 13.2 Å². The Morgan fingerprint density at radius 3 is 2.72 bits per heavy atom. The smallest absolute Gasteiger partial charge is 0.196 e. The molecular weight excluding hydrogens is 247 g/mol. The Hall–Kier alpha value is -1.96. The van der Waals surface area contributed by atoms with Crippen LogP contribution in [0.15, 0.2) is 12.1 Å². The molecule has 0 atom stereocenters. The fourth-order valence-corrected chi connectivity index (χ4v) is 1.42. The minimum absolute atomic E-state index is 0.230. The molecule has 1 heterocycles. The molecule has 1 N–H and O–H groups in total. The summed E-state index contributed by atoms with van der Waals surface area (Å²) >= 11 is 0. The summed E-state index contributed by atoms with van der Waals surface area (Å²) in [4.78, 5) is 0. The Morgan fingerprint density at radius 2 is 2.00 bits per heavy atom. The van der Waals surface area contributed by atoms with Gasteiger partial charge in [0.05, 0.1) is 6.54 Å². The first-order valence-electron chi connectivity index (χ1n) is 5.27. The second-order valence-corrected chi connectivity index (χ2v) is 3.48. The van der Waals surface area contributed by atoms with Gasteiger partial charge in [0, 0.05) is 0 Å². The summed E-state index contributed by atoms with van der Waals surface area (Å²) in [7, 11) is 0. The molecule has 0 saturated carbocycles. The first-order chi connectivity index (χ1) is 8.65. The van der Waals surface area contributed by atoms with Gasteiger partial charge in [-0.25, -0.2) is 13.2 Å². The van der Waals surface area contributed by atoms with E-state index >= 15 is 0 Å². The average molecular weight is 257 g/mol. The van der Waals surface area contributed by atoms with Crippen LogP contribution in [0, 0.1) is 17.5 Å². The van der Waals surface area contributed by atoms with Gasteiger partial charge in [-0.15, -0.1) is 5.10 Å². The van der Waals surface area contributed by atoms with Crippen molar-refractivity contribution in [2.24, 2.45) is 0 Å². The van der Waals surface area contributed by atoms with Crippen LogP contribution < -0.4 is 5.32 Å². The third kappa shape index (κ3) is 2.19. The Morgan fingerprint density at radius 1 is 1.22 bits per heavy atom. The topological polar surface area (TPSA) is 55.6 Å². The molecule has 0 unspecified atom stereocenters. The molecule has 2 rings (SSSR count). The molecule has 0 amide bonds. The van der Waals surface area contributed by atoms with Crippen LogP contribution in [0.5, 0.6) is 0 Å². The number of hydrogen-bond acceptors (Lipinski definition) is 4. The van der Waals surface area contributed by atoms with Crippen molar-refractivity contribution in [3.63, 3.8) is 0 Å². The number of aromatic nitrogens is 4. The highest BCUT2D eigenvalue weighted by molar-refractivity contribution is 5.34. The van der Waals surface area contributed by atoms with Gasteiger partial charge in [0.2, 0.25) is 0 Å². The van der Waals surface area contributed by atoms with E-state index in [1.54, 1.807) is 0 Å². The Bertz CT molecular complexity index is 554. The Labute approximate surface area is 101 Å². The number of nitrogens with zero attached hydrogens (tertiary/aromatic N) is 4. The molecule has 0 aliphatic carbocycles. The molecule has 1 aromatic heterocycles. The number of halogens is 3. The molecule has 1 aromatic carbocycles. The van der Waals surface area contributed by atoms with Crippen LogP contribution in [-0.2, 0) is 6.54 Å². The molecule has 0 bridgehead atoms. The molecule has 0 spiro atoms. The first kappa shape index (κ1) is 12.5. The Balaban J connectivity index is 2.43. The second kappa shape index (κ2) is 5.13. The quantitative estimate of drug-likeness (QED) is 0.836. The van der Waals surface area contributed by atoms with Gasteiger partial charge in [0.1, 0.15) is 5.69 Å². The first-order valence-corrected chi connectivity index (χ1v) is 5.27. The van der Waals surface area contributed by atoms with E-state index in [0.717, 1.165) is 16.8 Å². The summed E-state index contributed by atoms with van der Waals surface area (Å²) < 4.78 is 40.5. The largest absolute Gasteiger partial charge is 0.310 e. The van der Waals surface area contributed by atoms with Gasteiger partial charge in [-0.2, -0.15) is 4.68 Å². The monoisotopic (exact) mass is 257 g/mol. The van der Waals surface area contributed by atoms with Crippen molar-refractivity contribution >= 4 is 0 Å². The lowest BCUT2D eigenvalue weighted by Gasteiger charge is -2.06. The molecule has 2 aromatic rings. The standard InChI is InChI=1S/C10H10F3N5/c1-2-14-5-8-15-16-17-18(8)7-4-3-6(11)9(12)10(7)13/h3-4,14H,2,5H2,1H3. The number of benzene rings is 1. The molecular formula is C10H10F3N5. The summed E-state index contributed by atoms with van der Waals surface area (Å²) in [5, 5.41) is 13.6. The molecule has 0 radical (unpaired) electrons. The zero-order valence-electron chi connectivity index (χ0n) is 9.49. The van der Waals surface area contributed by atoms with Crippen molar-refractivity contribution in [2.45, 2.75) is 13.5 Å². The number of hydrogen-bond donors (Lipinski definition) is 1. The van der Waals surface area contributed by atoms with Crippen LogP contribution in [0.4, 0.5) is 13.2 Å². The van der Waals surface area contributed by atoms with Crippen LogP contribution in [-0.4, -0.2) is 26.8 Å². The lowest BCUT2D eigenvalue weighted by Crippen LogP contribution is -2.17. The summed E-state index contributed by atoms with van der Waals surface area (Å²) in [6.45, 7) is 2.85. The maximum absolute atomic E-state index is 13.6. The summed E-state index contributed by atoms with van der Waals surface area (Å²) in [5.41, 5.74) is -0.230. The van der Waals surface area contributed by atoms with Crippen LogP contribution in [0.25, 0.3) is 5.69 Å². The minimum atomic E-state index is -1.54. The van der Waals surface area contributed by atoms with E-state index < -0.39 is 17.5 Å². The lowest BCUT2D eigenvalue weighted by molar-refractivity contribution is 0.441. The van der Waals surface area contributed by atoms with Gasteiger partial charge in [-0.3, -0.25) is 0 Å². The molecule has 8 heteroatoms. The zero-order valence-corrected chi connectivity index (χ0v) is 9.49. The fraction of sp³-hybridized carbons (Fsp3) is 0.300. The van der Waals surface area contributed by atoms with E-state index in [9.17, 15) is 13.2 Å². The average Bonchev–Trinajstić information content (AvgIpc) is 2.82. The molecule has 18 heavy (non-hydrogen) atoms. The van der Waals surface area contributed by atoms with E-state index in [2.05, 4.69) is 20.8 Å². The molecule has 0 fully saturated rings. The van der Waals surface area contributed by atoms with Gasteiger partial charge in [-0.1, -0.05) is 6.92 Å². The highest BCUT2D eigenvalue weighted by Gasteiger charge is 2.18. The zero-order chi connectivity index (χ0) is 13.1. The summed E-state index contributed by atoms with van der Waals surface area (Å²) in [5.74, 6) is -3.81. The predicted octanol–water partition coefficient (Wildman–Crippen LogP) is 1.19. The third-order valence-electron chi connectivity index (χ3n) is 2.31. The summed E-state index contributed by atoms with van der Waals surface area (Å²) in [6, 6.07) is 1.91. The van der Waals surface area contributed by atoms with Gasteiger partial charge in [0.25, 0.3) is 0 Å². The van der Waals surface area contributed by atoms with E-state index in [1.165, 1.54) is 0 Å². The molecule has 96 valence electrons. The molecule has 0 saturated heterocycles. The van der Waals surface area contributed by atoms with Gasteiger partial charge in [0.15, 0.2) is 23.3 Å². The van der Waals surface area contributed by atoms with Crippen molar-refractivity contribution in [1.29, 1.82) is 0 Å². The molecule has 0 aliphatic heterocycles. The highest BCUT2D eigenvalue weighted by Crippen LogP contribution is 2.18. The number of rotatable bonds is 4. The highest BCUT2D eigenvalue weighted by atomic mass is 19.2. The fourth-order valence-electron chi connectivity index (χ4n) is 1.42. The predicted molar refractivity (Wildman–Crippen MR) is 56.4 cm³/mol. The number of nitrogens with one attached hydrogen (secondary N) is 1. The second-order valence-electron chi connectivity index (χ2n) is 3.48. The maximum atomic E-state index is 13.6. The van der Waals surface area contributed by atoms with E-state index in [4.69, 9.17) is 0 Å². The SMILES string of the molecule is CCNCc1nnnn1-c1ccc(F)c(F)c1F. The van der Waals surface area contributed by atoms with Crippen molar-refractivity contribution in [3.8, 4) is 5.69 Å². The van der Waals surface area contributed by atoms with Crippen LogP contribution >= 0.6 is 0 Å². The van der Waals surface area contributed by atoms with Gasteiger partial charge >= 0.3 is 0 Å². The Kier molecular flexibility index (Phi) is 3.56. The van der Waals surface area contributed by atoms with Crippen LogP contribution in [0.3, 0.4) is 0 Å². The molecule has 5 nitrogen and oxygen atoms in total. The van der Waals surface area contributed by atoms with Crippen LogP contribution in [0.2, 0.25) is 0 Å². The van der Waals surface area contributed by atoms with Crippen molar-refractivity contribution in [2.75, 3.05) is 6.54 Å². The van der Waals surface area contributed by atoms with E-state index in [0.29, 0.717) is 18.9 Å². The van der Waals surface area contributed by atoms with Crippen LogP contribution in [0.1, 0.15) is 12.7 Å². The molecule has 0 aliphatic rings. The van der Waals surface area contributed by atoms with E-state index in [1.807, 2.05) is 6.92 Å². The summed E-state index contributed by atoms with van der Waals surface area (Å²) in [6.07, 6.45) is 0. The van der Waals surface area contributed by atoms with E-state index in [-0.39, 0.29) is 5.69 Å². The number of tetrazole rings is 1. The lowest BCUT2D eigenvalue weighted by atomic mass is 10.3. The normalized spacial score (nSPS) is 10.9. The van der Waals surface area contributed by atoms with Crippen molar-refractivity contribution in [1.82, 2.24) is 25.5 Å². The van der Waals surface area contributed by atoms with Gasteiger partial charge in [-0.05, 0) is 29.1 Å². The van der Waals surface area contributed by atoms with Gasteiger partial charge < -0.3 is 5.32 Å². The minimum Gasteiger partial charge on any atom is -0.310 e.